The molecular weight excluding hydrogens is 260 g/mol. The summed E-state index contributed by atoms with van der Waals surface area (Å²) in [5.41, 5.74) is 0.403. The molecule has 120 valence electrons. The topological polar surface area (TPSA) is 41.1 Å². The maximum Gasteiger partial charge on any atom is 0.315 e. The second-order valence-corrected chi connectivity index (χ2v) is 8.13. The van der Waals surface area contributed by atoms with Gasteiger partial charge in [-0.15, -0.1) is 0 Å². The predicted octanol–water partition coefficient (Wildman–Crippen LogP) is 4.08. The SMILES string of the molecule is CCC(CC)NC(=O)NC(C)C12CC3CC(CC(C3)C1)C2. The van der Waals surface area contributed by atoms with Gasteiger partial charge >= 0.3 is 6.03 Å². The lowest BCUT2D eigenvalue weighted by Crippen LogP contribution is -2.57. The van der Waals surface area contributed by atoms with Gasteiger partial charge < -0.3 is 10.6 Å². The minimum atomic E-state index is 0.0481. The summed E-state index contributed by atoms with van der Waals surface area (Å²) >= 11 is 0. The van der Waals surface area contributed by atoms with Gasteiger partial charge in [-0.05, 0) is 81.5 Å². The Kier molecular flexibility index (Phi) is 4.20. The Morgan fingerprint density at radius 1 is 1.00 bits per heavy atom. The van der Waals surface area contributed by atoms with Gasteiger partial charge in [0, 0.05) is 12.1 Å². The van der Waals surface area contributed by atoms with Gasteiger partial charge in [-0.1, -0.05) is 13.8 Å². The number of hydrogen-bond acceptors (Lipinski definition) is 1. The molecular formula is C18H32N2O. The van der Waals surface area contributed by atoms with Gasteiger partial charge in [0.1, 0.15) is 0 Å². The van der Waals surface area contributed by atoms with E-state index in [9.17, 15) is 4.79 Å². The van der Waals surface area contributed by atoms with Gasteiger partial charge in [-0.2, -0.15) is 0 Å². The first-order valence-electron chi connectivity index (χ1n) is 9.11. The largest absolute Gasteiger partial charge is 0.335 e. The zero-order chi connectivity index (χ0) is 15.0. The Balaban J connectivity index is 1.60. The molecule has 1 unspecified atom stereocenters. The molecule has 0 radical (unpaired) electrons. The zero-order valence-electron chi connectivity index (χ0n) is 14.0. The molecule has 3 heteroatoms. The highest BCUT2D eigenvalue weighted by Crippen LogP contribution is 2.61. The molecule has 2 amide bonds. The van der Waals surface area contributed by atoms with Crippen molar-refractivity contribution in [1.82, 2.24) is 10.6 Å². The second-order valence-electron chi connectivity index (χ2n) is 8.13. The maximum absolute atomic E-state index is 12.3. The van der Waals surface area contributed by atoms with Crippen molar-refractivity contribution < 1.29 is 4.79 Å². The highest BCUT2D eigenvalue weighted by Gasteiger charge is 2.53. The van der Waals surface area contributed by atoms with Gasteiger partial charge in [0.2, 0.25) is 0 Å². The fourth-order valence-corrected chi connectivity index (χ4v) is 5.78. The summed E-state index contributed by atoms with van der Waals surface area (Å²) in [6.07, 6.45) is 10.5. The number of nitrogens with one attached hydrogen (secondary N) is 2. The maximum atomic E-state index is 12.3. The number of hydrogen-bond donors (Lipinski definition) is 2. The van der Waals surface area contributed by atoms with E-state index < -0.39 is 0 Å². The molecule has 4 rings (SSSR count). The van der Waals surface area contributed by atoms with Crippen LogP contribution in [0.3, 0.4) is 0 Å². The summed E-state index contributed by atoms with van der Waals surface area (Å²) in [6, 6.07) is 0.681. The number of carbonyl (C=O) groups is 1. The van der Waals surface area contributed by atoms with E-state index in [4.69, 9.17) is 0 Å². The van der Waals surface area contributed by atoms with Crippen LogP contribution in [0.15, 0.2) is 0 Å². The second kappa shape index (κ2) is 5.81. The Hall–Kier alpha value is -0.730. The number of rotatable bonds is 5. The minimum absolute atomic E-state index is 0.0481. The molecule has 0 saturated heterocycles. The van der Waals surface area contributed by atoms with E-state index >= 15 is 0 Å². The van der Waals surface area contributed by atoms with Crippen LogP contribution in [-0.4, -0.2) is 18.1 Å². The summed E-state index contributed by atoms with van der Waals surface area (Å²) in [4.78, 5) is 12.3. The smallest absolute Gasteiger partial charge is 0.315 e. The molecule has 4 saturated carbocycles. The van der Waals surface area contributed by atoms with Crippen LogP contribution >= 0.6 is 0 Å². The third kappa shape index (κ3) is 2.93. The van der Waals surface area contributed by atoms with Crippen LogP contribution in [0.25, 0.3) is 0 Å². The molecule has 4 bridgehead atoms. The van der Waals surface area contributed by atoms with E-state index in [-0.39, 0.29) is 6.03 Å². The van der Waals surface area contributed by atoms with Crippen LogP contribution in [0.4, 0.5) is 4.79 Å². The van der Waals surface area contributed by atoms with Gasteiger partial charge in [-0.25, -0.2) is 4.79 Å². The molecule has 0 aliphatic heterocycles. The fourth-order valence-electron chi connectivity index (χ4n) is 5.78. The Labute approximate surface area is 129 Å². The lowest BCUT2D eigenvalue weighted by molar-refractivity contribution is -0.0682. The van der Waals surface area contributed by atoms with E-state index in [0.29, 0.717) is 17.5 Å². The number of urea groups is 1. The zero-order valence-corrected chi connectivity index (χ0v) is 14.0. The normalized spacial score (nSPS) is 38.6. The number of carbonyl (C=O) groups excluding carboxylic acids is 1. The quantitative estimate of drug-likeness (QED) is 0.787. The van der Waals surface area contributed by atoms with Crippen molar-refractivity contribution >= 4 is 6.03 Å². The van der Waals surface area contributed by atoms with Crippen molar-refractivity contribution in [2.75, 3.05) is 0 Å². The molecule has 0 aromatic carbocycles. The Morgan fingerprint density at radius 2 is 1.48 bits per heavy atom. The monoisotopic (exact) mass is 292 g/mol. The molecule has 4 fully saturated rings. The molecule has 0 aromatic rings. The first kappa shape index (κ1) is 15.2. The third-order valence-corrected chi connectivity index (χ3v) is 6.67. The van der Waals surface area contributed by atoms with Crippen molar-refractivity contribution in [3.05, 3.63) is 0 Å². The molecule has 1 atom stereocenters. The van der Waals surface area contributed by atoms with E-state index in [2.05, 4.69) is 31.4 Å². The van der Waals surface area contributed by atoms with Crippen molar-refractivity contribution in [2.24, 2.45) is 23.2 Å². The molecule has 2 N–H and O–H groups in total. The van der Waals surface area contributed by atoms with Crippen LogP contribution in [0.5, 0.6) is 0 Å². The first-order valence-corrected chi connectivity index (χ1v) is 9.11. The molecule has 0 aromatic heterocycles. The predicted molar refractivity (Wildman–Crippen MR) is 86.1 cm³/mol. The summed E-state index contributed by atoms with van der Waals surface area (Å²) in [5.74, 6) is 2.84. The lowest BCUT2D eigenvalue weighted by Gasteiger charge is -2.59. The highest BCUT2D eigenvalue weighted by molar-refractivity contribution is 5.74. The third-order valence-electron chi connectivity index (χ3n) is 6.67. The minimum Gasteiger partial charge on any atom is -0.335 e. The van der Waals surface area contributed by atoms with Gasteiger partial charge in [0.25, 0.3) is 0 Å². The van der Waals surface area contributed by atoms with Crippen molar-refractivity contribution in [3.63, 3.8) is 0 Å². The molecule has 4 aliphatic rings. The highest BCUT2D eigenvalue weighted by atomic mass is 16.2. The van der Waals surface area contributed by atoms with Crippen molar-refractivity contribution in [2.45, 2.75) is 84.2 Å². The number of amides is 2. The van der Waals surface area contributed by atoms with E-state index in [0.717, 1.165) is 30.6 Å². The van der Waals surface area contributed by atoms with Crippen LogP contribution in [-0.2, 0) is 0 Å². The van der Waals surface area contributed by atoms with Crippen molar-refractivity contribution in [1.29, 1.82) is 0 Å². The van der Waals surface area contributed by atoms with Crippen LogP contribution < -0.4 is 10.6 Å². The van der Waals surface area contributed by atoms with Crippen LogP contribution in [0.2, 0.25) is 0 Å². The van der Waals surface area contributed by atoms with Crippen LogP contribution in [0, 0.1) is 23.2 Å². The summed E-state index contributed by atoms with van der Waals surface area (Å²) in [7, 11) is 0. The summed E-state index contributed by atoms with van der Waals surface area (Å²) in [6.45, 7) is 6.52. The summed E-state index contributed by atoms with van der Waals surface area (Å²) in [5, 5.41) is 6.42. The van der Waals surface area contributed by atoms with E-state index in [1.54, 1.807) is 0 Å². The van der Waals surface area contributed by atoms with E-state index in [1.165, 1.54) is 38.5 Å². The van der Waals surface area contributed by atoms with Gasteiger partial charge in [0.05, 0.1) is 0 Å². The fraction of sp³-hybridized carbons (Fsp3) is 0.944. The van der Waals surface area contributed by atoms with Crippen LogP contribution in [0.1, 0.15) is 72.1 Å². The van der Waals surface area contributed by atoms with Crippen molar-refractivity contribution in [3.8, 4) is 0 Å². The Morgan fingerprint density at radius 3 is 1.90 bits per heavy atom. The standard InChI is InChI=1S/C18H32N2O/c1-4-16(5-2)20-17(21)19-12(3)18-9-13-6-14(10-18)8-15(7-13)11-18/h12-16H,4-11H2,1-3H3,(H2,19,20,21). The summed E-state index contributed by atoms with van der Waals surface area (Å²) < 4.78 is 0. The Bertz CT molecular complexity index is 353. The lowest BCUT2D eigenvalue weighted by atomic mass is 9.48. The average molecular weight is 292 g/mol. The van der Waals surface area contributed by atoms with Gasteiger partial charge in [-0.3, -0.25) is 0 Å². The van der Waals surface area contributed by atoms with Gasteiger partial charge in [0.15, 0.2) is 0 Å². The molecule has 0 spiro atoms. The average Bonchev–Trinajstić information content (AvgIpc) is 2.43. The molecule has 21 heavy (non-hydrogen) atoms. The molecule has 0 heterocycles. The molecule has 3 nitrogen and oxygen atoms in total. The molecule has 4 aliphatic carbocycles. The first-order chi connectivity index (χ1) is 10.0. The van der Waals surface area contributed by atoms with E-state index in [1.807, 2.05) is 0 Å².